The molecule has 3 aromatic rings. The average molecular weight is 395 g/mol. The second-order valence-corrected chi connectivity index (χ2v) is 7.95. The van der Waals surface area contributed by atoms with Crippen LogP contribution in [0.4, 0.5) is 0 Å². The number of ether oxygens (including phenoxy) is 2. The van der Waals surface area contributed by atoms with Crippen LogP contribution >= 0.6 is 0 Å². The van der Waals surface area contributed by atoms with Crippen LogP contribution < -0.4 is 9.47 Å². The minimum atomic E-state index is 0.886. The normalized spacial score (nSPS) is 11.4. The fourth-order valence-corrected chi connectivity index (χ4v) is 4.03. The van der Waals surface area contributed by atoms with Gasteiger partial charge in [-0.3, -0.25) is 0 Å². The summed E-state index contributed by atoms with van der Waals surface area (Å²) >= 11 is 0. The third kappa shape index (κ3) is 4.94. The summed E-state index contributed by atoms with van der Waals surface area (Å²) in [5, 5.41) is 1.27. The first-order chi connectivity index (χ1) is 14.0. The fraction of sp³-hybridized carbons (Fsp3) is 0.440. The van der Waals surface area contributed by atoms with Crippen molar-refractivity contribution in [1.82, 2.24) is 9.47 Å². The van der Waals surface area contributed by atoms with Crippen LogP contribution in [0.1, 0.15) is 31.2 Å². The highest BCUT2D eigenvalue weighted by atomic mass is 16.5. The maximum atomic E-state index is 5.48. The number of fused-ring (bicyclic) bond motifs is 1. The smallest absolute Gasteiger partial charge is 0.119 e. The molecule has 0 unspecified atom stereocenters. The number of benzene rings is 2. The molecule has 0 amide bonds. The van der Waals surface area contributed by atoms with Gasteiger partial charge in [0.1, 0.15) is 11.5 Å². The van der Waals surface area contributed by atoms with E-state index in [9.17, 15) is 0 Å². The molecule has 0 atom stereocenters. The van der Waals surface area contributed by atoms with E-state index in [-0.39, 0.29) is 0 Å². The molecule has 0 fully saturated rings. The predicted molar refractivity (Wildman–Crippen MR) is 122 cm³/mol. The van der Waals surface area contributed by atoms with Crippen molar-refractivity contribution in [3.8, 4) is 22.8 Å². The van der Waals surface area contributed by atoms with Crippen LogP contribution in [0.5, 0.6) is 11.5 Å². The van der Waals surface area contributed by atoms with Crippen LogP contribution in [0.2, 0.25) is 0 Å². The first-order valence-electron chi connectivity index (χ1n) is 10.5. The van der Waals surface area contributed by atoms with Gasteiger partial charge in [-0.15, -0.1) is 0 Å². The van der Waals surface area contributed by atoms with Crippen LogP contribution in [-0.2, 0) is 6.54 Å². The summed E-state index contributed by atoms with van der Waals surface area (Å²) in [4.78, 5) is 2.26. The molecule has 4 nitrogen and oxygen atoms in total. The van der Waals surface area contributed by atoms with Crippen molar-refractivity contribution in [2.45, 2.75) is 39.2 Å². The second-order valence-electron chi connectivity index (χ2n) is 7.95. The highest BCUT2D eigenvalue weighted by Crippen LogP contribution is 2.36. The predicted octanol–water partition coefficient (Wildman–Crippen LogP) is 5.76. The Bertz CT molecular complexity index is 926. The van der Waals surface area contributed by atoms with Gasteiger partial charge < -0.3 is 18.9 Å². The summed E-state index contributed by atoms with van der Waals surface area (Å²) in [5.74, 6) is 1.79. The van der Waals surface area contributed by atoms with Crippen LogP contribution in [0.3, 0.4) is 0 Å². The number of rotatable bonds is 10. The van der Waals surface area contributed by atoms with Gasteiger partial charge >= 0.3 is 0 Å². The van der Waals surface area contributed by atoms with Gasteiger partial charge in [-0.25, -0.2) is 0 Å². The molecule has 2 aromatic carbocycles. The molecular formula is C25H34N2O2. The zero-order valence-electron chi connectivity index (χ0n) is 18.5. The van der Waals surface area contributed by atoms with Crippen molar-refractivity contribution in [3.63, 3.8) is 0 Å². The zero-order valence-corrected chi connectivity index (χ0v) is 18.5. The lowest BCUT2D eigenvalue weighted by atomic mass is 10.1. The number of aryl methyl sites for hydroxylation is 2. The summed E-state index contributed by atoms with van der Waals surface area (Å²) in [6.07, 6.45) is 4.99. The Balaban J connectivity index is 1.90. The van der Waals surface area contributed by atoms with E-state index in [1.165, 1.54) is 60.0 Å². The van der Waals surface area contributed by atoms with Crippen molar-refractivity contribution < 1.29 is 9.47 Å². The lowest BCUT2D eigenvalue weighted by Crippen LogP contribution is -2.12. The molecule has 0 saturated carbocycles. The molecular weight excluding hydrogens is 360 g/mol. The molecule has 0 saturated heterocycles. The second kappa shape index (κ2) is 9.84. The van der Waals surface area contributed by atoms with Crippen molar-refractivity contribution in [2.24, 2.45) is 0 Å². The Morgan fingerprint density at radius 1 is 0.828 bits per heavy atom. The first kappa shape index (κ1) is 21.3. The van der Waals surface area contributed by atoms with Gasteiger partial charge in [-0.05, 0) is 94.0 Å². The number of aromatic nitrogens is 1. The molecule has 156 valence electrons. The lowest BCUT2D eigenvalue weighted by Gasteiger charge is -2.13. The minimum Gasteiger partial charge on any atom is -0.497 e. The van der Waals surface area contributed by atoms with Gasteiger partial charge in [0.2, 0.25) is 0 Å². The highest BCUT2D eigenvalue weighted by Gasteiger charge is 2.16. The summed E-state index contributed by atoms with van der Waals surface area (Å²) in [7, 11) is 7.72. The fourth-order valence-electron chi connectivity index (χ4n) is 4.03. The molecule has 0 N–H and O–H groups in total. The van der Waals surface area contributed by atoms with Crippen molar-refractivity contribution in [1.29, 1.82) is 0 Å². The number of hydrogen-bond donors (Lipinski definition) is 0. The number of unbranched alkanes of at least 4 members (excludes halogenated alkanes) is 3. The van der Waals surface area contributed by atoms with Gasteiger partial charge in [-0.1, -0.05) is 12.8 Å². The Labute approximate surface area is 175 Å². The summed E-state index contributed by atoms with van der Waals surface area (Å²) in [5.41, 5.74) is 5.11. The maximum Gasteiger partial charge on any atom is 0.119 e. The van der Waals surface area contributed by atoms with E-state index in [0.717, 1.165) is 18.0 Å². The van der Waals surface area contributed by atoms with E-state index in [0.29, 0.717) is 0 Å². The topological polar surface area (TPSA) is 26.6 Å². The van der Waals surface area contributed by atoms with Crippen LogP contribution in [0.25, 0.3) is 22.2 Å². The van der Waals surface area contributed by atoms with E-state index >= 15 is 0 Å². The summed E-state index contributed by atoms with van der Waals surface area (Å²) < 4.78 is 13.3. The van der Waals surface area contributed by atoms with Crippen molar-refractivity contribution in [2.75, 3.05) is 34.9 Å². The molecule has 0 aliphatic heterocycles. The molecule has 1 aromatic heterocycles. The monoisotopic (exact) mass is 394 g/mol. The summed E-state index contributed by atoms with van der Waals surface area (Å²) in [6.45, 7) is 4.41. The molecule has 0 spiro atoms. The molecule has 29 heavy (non-hydrogen) atoms. The number of hydrogen-bond acceptors (Lipinski definition) is 3. The van der Waals surface area contributed by atoms with Crippen molar-refractivity contribution in [3.05, 3.63) is 48.0 Å². The van der Waals surface area contributed by atoms with E-state index in [1.54, 1.807) is 14.2 Å². The maximum absolute atomic E-state index is 5.48. The Morgan fingerprint density at radius 3 is 2.14 bits per heavy atom. The third-order valence-corrected chi connectivity index (χ3v) is 5.62. The molecule has 0 bridgehead atoms. The van der Waals surface area contributed by atoms with Gasteiger partial charge in [0.05, 0.1) is 19.9 Å². The van der Waals surface area contributed by atoms with Crippen LogP contribution in [0.15, 0.2) is 42.5 Å². The van der Waals surface area contributed by atoms with Crippen LogP contribution in [-0.4, -0.2) is 44.3 Å². The summed E-state index contributed by atoms with van der Waals surface area (Å²) in [6, 6.07) is 14.8. The first-order valence-corrected chi connectivity index (χ1v) is 10.5. The standard InChI is InChI=1S/C25H34N2O2/c1-19-23-18-22(29-5)14-15-24(23)27(17-9-7-6-8-16-26(2)3)25(19)20-10-12-21(28-4)13-11-20/h10-15,18H,6-9,16-17H2,1-5H3. The molecule has 3 rings (SSSR count). The number of nitrogens with zero attached hydrogens (tertiary/aromatic N) is 2. The Hall–Kier alpha value is -2.46. The lowest BCUT2D eigenvalue weighted by molar-refractivity contribution is 0.389. The third-order valence-electron chi connectivity index (χ3n) is 5.62. The molecule has 4 heteroatoms. The van der Waals surface area contributed by atoms with Gasteiger partial charge in [0.25, 0.3) is 0 Å². The van der Waals surface area contributed by atoms with Gasteiger partial charge in [0, 0.05) is 17.4 Å². The van der Waals surface area contributed by atoms with Crippen LogP contribution in [0, 0.1) is 6.92 Å². The molecule has 0 aliphatic carbocycles. The molecule has 0 aliphatic rings. The molecule has 0 radical (unpaired) electrons. The average Bonchev–Trinajstić information content (AvgIpc) is 3.01. The SMILES string of the molecule is COc1ccc(-c2c(C)c3cc(OC)ccc3n2CCCCCCN(C)C)cc1. The zero-order chi connectivity index (χ0) is 20.8. The minimum absolute atomic E-state index is 0.886. The van der Waals surface area contributed by atoms with Crippen molar-refractivity contribution >= 4 is 10.9 Å². The molecule has 1 heterocycles. The highest BCUT2D eigenvalue weighted by molar-refractivity contribution is 5.92. The van der Waals surface area contributed by atoms with E-state index < -0.39 is 0 Å². The Kier molecular flexibility index (Phi) is 7.21. The quantitative estimate of drug-likeness (QED) is 0.409. The van der Waals surface area contributed by atoms with E-state index in [1.807, 2.05) is 12.1 Å². The van der Waals surface area contributed by atoms with Gasteiger partial charge in [-0.2, -0.15) is 0 Å². The van der Waals surface area contributed by atoms with E-state index in [2.05, 4.69) is 60.8 Å². The number of methoxy groups -OCH3 is 2. The Morgan fingerprint density at radius 2 is 1.48 bits per heavy atom. The largest absolute Gasteiger partial charge is 0.497 e. The van der Waals surface area contributed by atoms with Gasteiger partial charge in [0.15, 0.2) is 0 Å². The van der Waals surface area contributed by atoms with E-state index in [4.69, 9.17) is 9.47 Å².